The van der Waals surface area contributed by atoms with Gasteiger partial charge in [0.2, 0.25) is 0 Å². The first-order valence-electron chi connectivity index (χ1n) is 13.6. The number of nitrogens with one attached hydrogen (secondary N) is 1. The smallest absolute Gasteiger partial charge is 0.0544 e. The molecule has 1 aromatic heterocycles. The van der Waals surface area contributed by atoms with E-state index in [2.05, 4.69) is 151 Å². The largest absolute Gasteiger partial charge is 0.356 e. The van der Waals surface area contributed by atoms with Crippen LogP contribution in [0.15, 0.2) is 127 Å². The van der Waals surface area contributed by atoms with E-state index in [1.165, 1.54) is 60.5 Å². The molecule has 0 spiro atoms. The van der Waals surface area contributed by atoms with Crippen molar-refractivity contribution in [2.75, 3.05) is 5.32 Å². The van der Waals surface area contributed by atoms with Crippen LogP contribution in [0, 0.1) is 0 Å². The van der Waals surface area contributed by atoms with Gasteiger partial charge in [-0.2, -0.15) is 0 Å². The van der Waals surface area contributed by atoms with Crippen molar-refractivity contribution in [3.63, 3.8) is 0 Å². The normalized spacial score (nSPS) is 13.6. The van der Waals surface area contributed by atoms with Crippen LogP contribution in [0.25, 0.3) is 49.4 Å². The van der Waals surface area contributed by atoms with Crippen LogP contribution in [0.3, 0.4) is 0 Å². The Bertz CT molecular complexity index is 2060. The summed E-state index contributed by atoms with van der Waals surface area (Å²) >= 11 is 0. The molecule has 186 valence electrons. The Morgan fingerprint density at radius 2 is 1.28 bits per heavy atom. The number of hydrogen-bond donors (Lipinski definition) is 1. The van der Waals surface area contributed by atoms with Crippen molar-refractivity contribution < 1.29 is 0 Å². The molecule has 6 aromatic carbocycles. The minimum atomic E-state index is -0.0615. The van der Waals surface area contributed by atoms with E-state index in [1.807, 2.05) is 0 Å². The Morgan fingerprint density at radius 3 is 2.15 bits per heavy atom. The second-order valence-electron chi connectivity index (χ2n) is 11.1. The van der Waals surface area contributed by atoms with Gasteiger partial charge in [-0.3, -0.25) is 0 Å². The van der Waals surface area contributed by atoms with Gasteiger partial charge in [-0.05, 0) is 81.6 Å². The first kappa shape index (κ1) is 22.2. The number of hydrogen-bond acceptors (Lipinski definition) is 1. The van der Waals surface area contributed by atoms with Crippen LogP contribution < -0.4 is 5.32 Å². The molecule has 7 aromatic rings. The first-order valence-corrected chi connectivity index (χ1v) is 13.6. The quantitative estimate of drug-likeness (QED) is 0.255. The van der Waals surface area contributed by atoms with Gasteiger partial charge in [0.25, 0.3) is 0 Å². The minimum Gasteiger partial charge on any atom is -0.356 e. The second kappa shape index (κ2) is 8.09. The van der Waals surface area contributed by atoms with Crippen molar-refractivity contribution in [2.24, 2.45) is 0 Å². The highest BCUT2D eigenvalue weighted by Crippen LogP contribution is 2.53. The van der Waals surface area contributed by atoms with Gasteiger partial charge in [0.05, 0.1) is 11.0 Å². The van der Waals surface area contributed by atoms with Gasteiger partial charge in [0.15, 0.2) is 0 Å². The lowest BCUT2D eigenvalue weighted by Crippen LogP contribution is -2.15. The van der Waals surface area contributed by atoms with Crippen LogP contribution in [0.2, 0.25) is 0 Å². The summed E-state index contributed by atoms with van der Waals surface area (Å²) < 4.78 is 2.42. The molecule has 0 aliphatic heterocycles. The van der Waals surface area contributed by atoms with E-state index in [0.29, 0.717) is 0 Å². The van der Waals surface area contributed by atoms with Gasteiger partial charge >= 0.3 is 0 Å². The van der Waals surface area contributed by atoms with E-state index in [0.717, 1.165) is 11.4 Å². The molecule has 0 atom stereocenters. The summed E-state index contributed by atoms with van der Waals surface area (Å²) in [6, 6.07) is 46.2. The summed E-state index contributed by atoms with van der Waals surface area (Å²) in [6.45, 7) is 4.74. The third kappa shape index (κ3) is 3.21. The van der Waals surface area contributed by atoms with Crippen molar-refractivity contribution >= 4 is 44.0 Å². The number of anilines is 2. The van der Waals surface area contributed by atoms with E-state index in [9.17, 15) is 0 Å². The maximum Gasteiger partial charge on any atom is 0.0544 e. The zero-order valence-corrected chi connectivity index (χ0v) is 22.1. The van der Waals surface area contributed by atoms with Gasteiger partial charge < -0.3 is 9.88 Å². The molecule has 0 radical (unpaired) electrons. The summed E-state index contributed by atoms with van der Waals surface area (Å²) in [6.07, 6.45) is 0. The van der Waals surface area contributed by atoms with E-state index in [4.69, 9.17) is 0 Å². The summed E-state index contributed by atoms with van der Waals surface area (Å²) in [4.78, 5) is 0. The average molecular weight is 501 g/mol. The van der Waals surface area contributed by atoms with Crippen molar-refractivity contribution in [1.29, 1.82) is 0 Å². The lowest BCUT2D eigenvalue weighted by Gasteiger charge is -2.22. The van der Waals surface area contributed by atoms with Gasteiger partial charge in [-0.1, -0.05) is 92.7 Å². The minimum absolute atomic E-state index is 0.0615. The number of fused-ring (bicyclic) bond motifs is 8. The summed E-state index contributed by atoms with van der Waals surface area (Å²) in [7, 11) is 0. The molecule has 2 nitrogen and oxygen atoms in total. The summed E-state index contributed by atoms with van der Waals surface area (Å²) in [5, 5.41) is 8.75. The number of rotatable bonds is 3. The van der Waals surface area contributed by atoms with Crippen LogP contribution in [0.4, 0.5) is 11.4 Å². The fraction of sp³-hybridized carbons (Fsp3) is 0.0811. The molecular formula is C37H28N2. The third-order valence-electron chi connectivity index (χ3n) is 8.52. The van der Waals surface area contributed by atoms with E-state index in [1.54, 1.807) is 0 Å². The molecule has 0 amide bonds. The van der Waals surface area contributed by atoms with Crippen molar-refractivity contribution in [3.8, 4) is 16.8 Å². The molecule has 1 N–H and O–H groups in total. The molecule has 0 unspecified atom stereocenters. The van der Waals surface area contributed by atoms with E-state index >= 15 is 0 Å². The zero-order valence-electron chi connectivity index (χ0n) is 22.1. The standard InChI is InChI=1S/C37H28N2/c1-37(2)32-13-7-5-11-29(32)30-21-22-34-35(36(30)37)31-12-6-8-14-33(31)39(34)28-19-17-26(18-20-28)38-27-16-15-24-9-3-4-10-25(24)23-27/h3-23,38H,1-2H3. The average Bonchev–Trinajstić information content (AvgIpc) is 3.42. The molecule has 1 aliphatic rings. The lowest BCUT2D eigenvalue weighted by molar-refractivity contribution is 0.666. The third-order valence-corrected chi connectivity index (χ3v) is 8.52. The number of benzene rings is 6. The number of para-hydroxylation sites is 1. The molecule has 0 fully saturated rings. The predicted octanol–water partition coefficient (Wildman–Crippen LogP) is 9.99. The van der Waals surface area contributed by atoms with Crippen molar-refractivity contribution in [1.82, 2.24) is 4.57 Å². The molecule has 8 rings (SSSR count). The number of aromatic nitrogens is 1. The predicted molar refractivity (Wildman–Crippen MR) is 166 cm³/mol. The maximum absolute atomic E-state index is 3.59. The number of nitrogens with zero attached hydrogens (tertiary/aromatic N) is 1. The van der Waals surface area contributed by atoms with Crippen LogP contribution >= 0.6 is 0 Å². The van der Waals surface area contributed by atoms with Gasteiger partial charge in [-0.15, -0.1) is 0 Å². The van der Waals surface area contributed by atoms with Crippen molar-refractivity contribution in [3.05, 3.63) is 139 Å². The Labute approximate surface area is 228 Å². The molecule has 0 bridgehead atoms. The molecular weight excluding hydrogens is 472 g/mol. The highest BCUT2D eigenvalue weighted by molar-refractivity contribution is 6.14. The lowest BCUT2D eigenvalue weighted by atomic mass is 9.80. The first-order chi connectivity index (χ1) is 19.1. The Kier molecular flexibility index (Phi) is 4.60. The highest BCUT2D eigenvalue weighted by atomic mass is 15.0. The van der Waals surface area contributed by atoms with Crippen LogP contribution in [-0.4, -0.2) is 4.57 Å². The van der Waals surface area contributed by atoms with E-state index < -0.39 is 0 Å². The Hall–Kier alpha value is -4.82. The molecule has 2 heteroatoms. The molecule has 1 heterocycles. The maximum atomic E-state index is 3.59. The highest BCUT2D eigenvalue weighted by Gasteiger charge is 2.37. The molecule has 1 aliphatic carbocycles. The van der Waals surface area contributed by atoms with Gasteiger partial charge in [0.1, 0.15) is 0 Å². The van der Waals surface area contributed by atoms with Gasteiger partial charge in [-0.25, -0.2) is 0 Å². The van der Waals surface area contributed by atoms with E-state index in [-0.39, 0.29) is 5.41 Å². The van der Waals surface area contributed by atoms with Crippen LogP contribution in [-0.2, 0) is 5.41 Å². The van der Waals surface area contributed by atoms with Crippen LogP contribution in [0.5, 0.6) is 0 Å². The Morgan fingerprint density at radius 1 is 0.564 bits per heavy atom. The molecule has 0 saturated heterocycles. The summed E-state index contributed by atoms with van der Waals surface area (Å²) in [5.41, 5.74) is 11.3. The topological polar surface area (TPSA) is 17.0 Å². The monoisotopic (exact) mass is 500 g/mol. The SMILES string of the molecule is CC1(C)c2ccccc2-c2ccc3c(c21)c1ccccc1n3-c1ccc(Nc2ccc3ccccc3c2)cc1. The fourth-order valence-electron chi connectivity index (χ4n) is 6.74. The molecule has 0 saturated carbocycles. The Balaban J connectivity index is 1.26. The van der Waals surface area contributed by atoms with Crippen LogP contribution in [0.1, 0.15) is 25.0 Å². The second-order valence-corrected chi connectivity index (χ2v) is 11.1. The zero-order chi connectivity index (χ0) is 26.1. The summed E-state index contributed by atoms with van der Waals surface area (Å²) in [5.74, 6) is 0. The van der Waals surface area contributed by atoms with Gasteiger partial charge in [0, 0.05) is 33.2 Å². The molecule has 39 heavy (non-hydrogen) atoms. The van der Waals surface area contributed by atoms with Crippen molar-refractivity contribution in [2.45, 2.75) is 19.3 Å². The fourth-order valence-corrected chi connectivity index (χ4v) is 6.74.